The number of benzene rings is 1. The highest BCUT2D eigenvalue weighted by Gasteiger charge is 2.51. The van der Waals surface area contributed by atoms with Gasteiger partial charge in [-0.15, -0.1) is 0 Å². The van der Waals surface area contributed by atoms with Crippen LogP contribution in [0.4, 0.5) is 40.7 Å². The summed E-state index contributed by atoms with van der Waals surface area (Å²) in [6, 6.07) is 3.83. The molecule has 0 unspecified atom stereocenters. The maximum Gasteiger partial charge on any atom is 0.301 e. The minimum absolute atomic E-state index is 0.0558. The van der Waals surface area contributed by atoms with Crippen molar-refractivity contribution >= 4 is 45.6 Å². The van der Waals surface area contributed by atoms with Crippen LogP contribution in [-0.4, -0.2) is 63.3 Å². The van der Waals surface area contributed by atoms with E-state index in [0.29, 0.717) is 29.4 Å². The first-order valence-electron chi connectivity index (χ1n) is 12.5. The molecule has 3 aliphatic rings. The highest BCUT2D eigenvalue weighted by Crippen LogP contribution is 2.45. The zero-order chi connectivity index (χ0) is 27.7. The van der Waals surface area contributed by atoms with Crippen molar-refractivity contribution < 1.29 is 27.4 Å². The number of piperidine rings is 1. The van der Waals surface area contributed by atoms with Crippen LogP contribution in [0.5, 0.6) is 5.75 Å². The lowest BCUT2D eigenvalue weighted by molar-refractivity contribution is -0.118. The minimum atomic E-state index is -3.19. The molecule has 9 nitrogen and oxygen atoms in total. The molecule has 1 saturated heterocycles. The zero-order valence-corrected chi connectivity index (χ0v) is 21.5. The van der Waals surface area contributed by atoms with Crippen molar-refractivity contribution in [2.24, 2.45) is 13.0 Å². The number of fused-ring (bicyclic) bond motifs is 3. The van der Waals surface area contributed by atoms with Crippen LogP contribution in [0.15, 0.2) is 29.2 Å². The highest BCUT2D eigenvalue weighted by molar-refractivity contribution is 6.33. The standard InChI is InChI=1S/C25H25ClF4N6O3/c1-35-16-5-4-13(32-21-15(26)9-31-23(34-21)36-7-6-24(27,28)17(37)10-36)8-14(16)18-19(22(35)38)39-11-25(29,30)20(33-18)12-2-3-12/h4-5,8-9,12,17,20,33,37H,2-3,6-7,10-11H2,1H3,(H,31,32,34)/t17-,20-/m0/s1. The van der Waals surface area contributed by atoms with Gasteiger partial charge in [0.15, 0.2) is 12.4 Å². The van der Waals surface area contributed by atoms with Crippen LogP contribution in [0.3, 0.4) is 0 Å². The van der Waals surface area contributed by atoms with Gasteiger partial charge in [-0.25, -0.2) is 22.5 Å². The Morgan fingerprint density at radius 3 is 2.72 bits per heavy atom. The summed E-state index contributed by atoms with van der Waals surface area (Å²) in [7, 11) is 1.53. The van der Waals surface area contributed by atoms with Gasteiger partial charge in [0.1, 0.15) is 11.1 Å². The molecule has 0 amide bonds. The largest absolute Gasteiger partial charge is 0.480 e. The third-order valence-electron chi connectivity index (χ3n) is 7.48. The first kappa shape index (κ1) is 25.9. The summed E-state index contributed by atoms with van der Waals surface area (Å²) in [6.07, 6.45) is 0.246. The van der Waals surface area contributed by atoms with E-state index in [9.17, 15) is 27.5 Å². The van der Waals surface area contributed by atoms with Gasteiger partial charge < -0.3 is 29.9 Å². The number of rotatable bonds is 4. The van der Waals surface area contributed by atoms with E-state index in [4.69, 9.17) is 16.3 Å². The van der Waals surface area contributed by atoms with Crippen LogP contribution in [0.1, 0.15) is 19.3 Å². The molecule has 1 saturated carbocycles. The first-order chi connectivity index (χ1) is 18.4. The molecule has 2 aromatic heterocycles. The maximum absolute atomic E-state index is 14.9. The summed E-state index contributed by atoms with van der Waals surface area (Å²) in [5.74, 6) is -6.46. The average Bonchev–Trinajstić information content (AvgIpc) is 3.73. The van der Waals surface area contributed by atoms with E-state index in [-0.39, 0.29) is 47.2 Å². The van der Waals surface area contributed by atoms with Crippen LogP contribution in [0.2, 0.25) is 5.02 Å². The molecular weight excluding hydrogens is 544 g/mol. The Kier molecular flexibility index (Phi) is 6.06. The molecule has 0 radical (unpaired) electrons. The van der Waals surface area contributed by atoms with Crippen LogP contribution in [-0.2, 0) is 7.05 Å². The highest BCUT2D eigenvalue weighted by atomic mass is 35.5. The van der Waals surface area contributed by atoms with Gasteiger partial charge in [-0.3, -0.25) is 4.79 Å². The number of hydrogen-bond donors (Lipinski definition) is 3. The van der Waals surface area contributed by atoms with Gasteiger partial charge in [-0.2, -0.15) is 4.98 Å². The van der Waals surface area contributed by atoms with E-state index in [2.05, 4.69) is 20.6 Å². The number of nitrogens with zero attached hydrogens (tertiary/aromatic N) is 4. The van der Waals surface area contributed by atoms with Crippen LogP contribution in [0, 0.1) is 5.92 Å². The second-order valence-electron chi connectivity index (χ2n) is 10.3. The second kappa shape index (κ2) is 9.12. The summed E-state index contributed by atoms with van der Waals surface area (Å²) >= 11 is 6.32. The van der Waals surface area contributed by atoms with Crippen LogP contribution >= 0.6 is 11.6 Å². The molecule has 4 heterocycles. The smallest absolute Gasteiger partial charge is 0.301 e. The number of anilines is 4. The van der Waals surface area contributed by atoms with E-state index >= 15 is 0 Å². The van der Waals surface area contributed by atoms with Gasteiger partial charge in [0.25, 0.3) is 11.5 Å². The number of aliphatic hydroxyl groups excluding tert-OH is 1. The Bertz CT molecular complexity index is 1520. The van der Waals surface area contributed by atoms with Crippen molar-refractivity contribution in [1.29, 1.82) is 0 Å². The molecule has 2 aliphatic heterocycles. The molecule has 14 heteroatoms. The Morgan fingerprint density at radius 1 is 1.23 bits per heavy atom. The van der Waals surface area contributed by atoms with Gasteiger partial charge in [0.05, 0.1) is 30.0 Å². The molecule has 1 aromatic carbocycles. The molecule has 6 rings (SSSR count). The number of halogens is 5. The lowest BCUT2D eigenvalue weighted by atomic mass is 10.0. The van der Waals surface area contributed by atoms with Crippen LogP contribution in [0.25, 0.3) is 10.9 Å². The molecule has 3 N–H and O–H groups in total. The topological polar surface area (TPSA) is 105 Å². The number of aliphatic hydroxyl groups is 1. The third kappa shape index (κ3) is 4.61. The van der Waals surface area contributed by atoms with Gasteiger partial charge in [0.2, 0.25) is 11.7 Å². The fourth-order valence-electron chi connectivity index (χ4n) is 5.09. The first-order valence-corrected chi connectivity index (χ1v) is 12.9. The van der Waals surface area contributed by atoms with Crippen LogP contribution < -0.4 is 25.8 Å². The molecule has 2 fully saturated rings. The number of aromatic nitrogens is 3. The van der Waals surface area contributed by atoms with Crippen molar-refractivity contribution in [3.05, 3.63) is 39.8 Å². The predicted octanol–water partition coefficient (Wildman–Crippen LogP) is 4.15. The number of nitrogens with one attached hydrogen (secondary N) is 2. The Morgan fingerprint density at radius 2 is 2.00 bits per heavy atom. The molecule has 0 spiro atoms. The molecule has 2 atom stereocenters. The van der Waals surface area contributed by atoms with Gasteiger partial charge in [-0.05, 0) is 37.0 Å². The molecular formula is C25H25ClF4N6O3. The number of ether oxygens (including phenoxy) is 1. The zero-order valence-electron chi connectivity index (χ0n) is 20.7. The quantitative estimate of drug-likeness (QED) is 0.403. The summed E-state index contributed by atoms with van der Waals surface area (Å²) in [6.45, 7) is -1.30. The van der Waals surface area contributed by atoms with Crippen molar-refractivity contribution in [1.82, 2.24) is 14.5 Å². The molecule has 3 aromatic rings. The Labute approximate surface area is 224 Å². The van der Waals surface area contributed by atoms with E-state index < -0.39 is 42.6 Å². The average molecular weight is 569 g/mol. The molecule has 39 heavy (non-hydrogen) atoms. The molecule has 0 bridgehead atoms. The predicted molar refractivity (Wildman–Crippen MR) is 138 cm³/mol. The van der Waals surface area contributed by atoms with Crippen molar-refractivity contribution in [3.63, 3.8) is 0 Å². The van der Waals surface area contributed by atoms with Crippen molar-refractivity contribution in [3.8, 4) is 5.75 Å². The molecule has 1 aliphatic carbocycles. The Balaban J connectivity index is 1.36. The maximum atomic E-state index is 14.9. The summed E-state index contributed by atoms with van der Waals surface area (Å²) < 4.78 is 64.0. The SMILES string of the molecule is Cn1c(=O)c2c(c3cc(Nc4nc(N5CCC(F)(F)[C@@H](O)C5)ncc4Cl)ccc31)N[C@@H](C1CC1)C(F)(F)CO2. The fraction of sp³-hybridized carbons (Fsp3) is 0.480. The number of alkyl halides is 4. The lowest BCUT2D eigenvalue weighted by Gasteiger charge is -2.35. The second-order valence-corrected chi connectivity index (χ2v) is 10.7. The minimum Gasteiger partial charge on any atom is -0.480 e. The number of β-amino-alcohol motifs (C(OH)–C–C–N with tert-alkyl or cyclic N) is 1. The summed E-state index contributed by atoms with van der Waals surface area (Å²) in [5.41, 5.74) is 0.637. The summed E-state index contributed by atoms with van der Waals surface area (Å²) in [4.78, 5) is 22.9. The van der Waals surface area contributed by atoms with Gasteiger partial charge in [-0.1, -0.05) is 11.6 Å². The van der Waals surface area contributed by atoms with E-state index in [1.165, 1.54) is 22.7 Å². The summed E-state index contributed by atoms with van der Waals surface area (Å²) in [5, 5.41) is 16.4. The number of aryl methyl sites for hydroxylation is 1. The fourth-order valence-corrected chi connectivity index (χ4v) is 5.22. The van der Waals surface area contributed by atoms with E-state index in [1.807, 2.05) is 0 Å². The van der Waals surface area contributed by atoms with Crippen molar-refractivity contribution in [2.45, 2.75) is 43.3 Å². The normalized spacial score (nSPS) is 23.9. The number of pyridine rings is 1. The molecule has 208 valence electrons. The van der Waals surface area contributed by atoms with Gasteiger partial charge >= 0.3 is 5.92 Å². The van der Waals surface area contributed by atoms with Crippen molar-refractivity contribution in [2.75, 3.05) is 35.2 Å². The van der Waals surface area contributed by atoms with E-state index in [1.54, 1.807) is 18.2 Å². The van der Waals surface area contributed by atoms with Gasteiger partial charge in [0, 0.05) is 31.1 Å². The Hall–Kier alpha value is -3.32. The van der Waals surface area contributed by atoms with E-state index in [0.717, 1.165) is 0 Å². The monoisotopic (exact) mass is 568 g/mol. The third-order valence-corrected chi connectivity index (χ3v) is 7.76. The lowest BCUT2D eigenvalue weighted by Crippen LogP contribution is -2.51. The number of hydrogen-bond acceptors (Lipinski definition) is 8.